The molecular weight excluding hydrogens is 428 g/mol. The lowest BCUT2D eigenvalue weighted by molar-refractivity contribution is -0.136. The normalized spacial score (nSPS) is 20.6. The largest absolute Gasteiger partial charge is 0.364 e. The predicted octanol–water partition coefficient (Wildman–Crippen LogP) is 3.66. The molecule has 0 radical (unpaired) electrons. The van der Waals surface area contributed by atoms with Gasteiger partial charge in [-0.3, -0.25) is 19.7 Å². The molecule has 2 aromatic rings. The number of imide groups is 1. The molecule has 5 rings (SSSR count). The zero-order chi connectivity index (χ0) is 23.7. The average molecular weight is 457 g/mol. The average Bonchev–Trinajstić information content (AvgIpc) is 3.19. The first-order valence-electron chi connectivity index (χ1n) is 12.1. The number of carbonyl (C=O) groups excluding carboxylic acids is 3. The zero-order valence-electron chi connectivity index (χ0n) is 19.1. The van der Waals surface area contributed by atoms with Gasteiger partial charge in [0.1, 0.15) is 6.04 Å². The fourth-order valence-corrected chi connectivity index (χ4v) is 5.44. The molecule has 1 aliphatic carbocycles. The van der Waals surface area contributed by atoms with Gasteiger partial charge in [-0.25, -0.2) is 0 Å². The van der Waals surface area contributed by atoms with Crippen LogP contribution in [0.2, 0.25) is 0 Å². The molecule has 0 spiro atoms. The fourth-order valence-electron chi connectivity index (χ4n) is 5.44. The van der Waals surface area contributed by atoms with Crippen molar-refractivity contribution in [3.05, 3.63) is 64.7 Å². The highest BCUT2D eigenvalue weighted by molar-refractivity contribution is 6.05. The van der Waals surface area contributed by atoms with Gasteiger partial charge < -0.3 is 9.80 Å². The second-order valence-electron chi connectivity index (χ2n) is 9.47. The topological polar surface area (TPSA) is 93.5 Å². The summed E-state index contributed by atoms with van der Waals surface area (Å²) in [6.45, 7) is 1.11. The van der Waals surface area contributed by atoms with Crippen LogP contribution in [-0.2, 0) is 22.7 Å². The predicted molar refractivity (Wildman–Crippen MR) is 127 cm³/mol. The molecule has 1 saturated carbocycles. The molecule has 1 unspecified atom stereocenters. The summed E-state index contributed by atoms with van der Waals surface area (Å²) >= 11 is 0. The van der Waals surface area contributed by atoms with Crippen LogP contribution < -0.4 is 10.2 Å². The third-order valence-corrected chi connectivity index (χ3v) is 7.29. The Morgan fingerprint density at radius 2 is 1.76 bits per heavy atom. The third-order valence-electron chi connectivity index (χ3n) is 7.29. The van der Waals surface area contributed by atoms with E-state index in [9.17, 15) is 14.4 Å². The molecule has 2 heterocycles. The molecule has 3 aliphatic rings. The van der Waals surface area contributed by atoms with Gasteiger partial charge in [-0.2, -0.15) is 5.26 Å². The van der Waals surface area contributed by atoms with E-state index in [4.69, 9.17) is 5.26 Å². The number of nitrogens with one attached hydrogen (secondary N) is 1. The third kappa shape index (κ3) is 4.28. The van der Waals surface area contributed by atoms with Gasteiger partial charge in [0, 0.05) is 36.8 Å². The van der Waals surface area contributed by atoms with Crippen LogP contribution >= 0.6 is 0 Å². The molecule has 1 N–H and O–H groups in total. The van der Waals surface area contributed by atoms with E-state index in [-0.39, 0.29) is 24.1 Å². The lowest BCUT2D eigenvalue weighted by atomic mass is 9.93. The fraction of sp³-hybridized carbons (Fsp3) is 0.407. The summed E-state index contributed by atoms with van der Waals surface area (Å²) in [5, 5.41) is 11.5. The van der Waals surface area contributed by atoms with Crippen LogP contribution in [0.1, 0.15) is 72.0 Å². The number of nitriles is 1. The molecule has 0 bridgehead atoms. The van der Waals surface area contributed by atoms with Gasteiger partial charge in [-0.05, 0) is 60.7 Å². The van der Waals surface area contributed by atoms with Gasteiger partial charge >= 0.3 is 0 Å². The molecule has 2 aromatic carbocycles. The van der Waals surface area contributed by atoms with Crippen LogP contribution in [-0.4, -0.2) is 34.7 Å². The summed E-state index contributed by atoms with van der Waals surface area (Å²) in [7, 11) is 0. The number of rotatable bonds is 5. The van der Waals surface area contributed by atoms with Crippen molar-refractivity contribution in [2.24, 2.45) is 0 Å². The minimum atomic E-state index is -0.603. The summed E-state index contributed by atoms with van der Waals surface area (Å²) in [6, 6.07) is 15.7. The molecule has 2 fully saturated rings. The zero-order valence-corrected chi connectivity index (χ0v) is 19.1. The molecule has 3 amide bonds. The van der Waals surface area contributed by atoms with E-state index in [0.717, 1.165) is 36.2 Å². The number of hydrogen-bond donors (Lipinski definition) is 1. The van der Waals surface area contributed by atoms with Crippen molar-refractivity contribution in [3.63, 3.8) is 0 Å². The SMILES string of the molecule is N#Cc1ccc(CN(c2ccc3c(c2)CN(C2CCC(=O)NC2=O)C3=O)C2CCCCC2)cc1. The lowest BCUT2D eigenvalue weighted by Crippen LogP contribution is -2.52. The molecule has 7 heteroatoms. The van der Waals surface area contributed by atoms with E-state index in [1.165, 1.54) is 19.3 Å². The van der Waals surface area contributed by atoms with E-state index in [2.05, 4.69) is 22.4 Å². The Kier molecular flexibility index (Phi) is 6.06. The molecule has 34 heavy (non-hydrogen) atoms. The van der Waals surface area contributed by atoms with Crippen molar-refractivity contribution in [3.8, 4) is 6.07 Å². The van der Waals surface area contributed by atoms with Crippen LogP contribution in [0.15, 0.2) is 42.5 Å². The summed E-state index contributed by atoms with van der Waals surface area (Å²) in [6.07, 6.45) is 6.57. The Morgan fingerprint density at radius 1 is 1.00 bits per heavy atom. The minimum absolute atomic E-state index is 0.146. The first kappa shape index (κ1) is 22.1. The molecule has 0 aromatic heterocycles. The van der Waals surface area contributed by atoms with Crippen LogP contribution in [0.5, 0.6) is 0 Å². The van der Waals surface area contributed by atoms with Crippen molar-refractivity contribution >= 4 is 23.4 Å². The summed E-state index contributed by atoms with van der Waals surface area (Å²) in [5.41, 5.74) is 4.43. The second-order valence-corrected chi connectivity index (χ2v) is 9.47. The van der Waals surface area contributed by atoms with Crippen molar-refractivity contribution in [2.45, 2.75) is 70.1 Å². The molecule has 174 valence electrons. The Morgan fingerprint density at radius 3 is 2.47 bits per heavy atom. The summed E-state index contributed by atoms with van der Waals surface area (Å²) < 4.78 is 0. The number of amides is 3. The van der Waals surface area contributed by atoms with Crippen molar-refractivity contribution in [1.82, 2.24) is 10.2 Å². The highest BCUT2D eigenvalue weighted by Gasteiger charge is 2.39. The molecule has 7 nitrogen and oxygen atoms in total. The lowest BCUT2D eigenvalue weighted by Gasteiger charge is -2.36. The van der Waals surface area contributed by atoms with E-state index < -0.39 is 6.04 Å². The number of piperidine rings is 1. The number of anilines is 1. The summed E-state index contributed by atoms with van der Waals surface area (Å²) in [4.78, 5) is 41.0. The first-order chi connectivity index (χ1) is 16.5. The number of nitrogens with zero attached hydrogens (tertiary/aromatic N) is 3. The van der Waals surface area contributed by atoms with Crippen LogP contribution in [0, 0.1) is 11.3 Å². The van der Waals surface area contributed by atoms with E-state index in [1.54, 1.807) is 4.90 Å². The molecule has 1 atom stereocenters. The maximum absolute atomic E-state index is 13.1. The maximum atomic E-state index is 13.1. The molecular formula is C27H28N4O3. The van der Waals surface area contributed by atoms with Crippen LogP contribution in [0.25, 0.3) is 0 Å². The van der Waals surface area contributed by atoms with Crippen molar-refractivity contribution in [2.75, 3.05) is 4.90 Å². The highest BCUT2D eigenvalue weighted by Crippen LogP contribution is 2.34. The van der Waals surface area contributed by atoms with E-state index in [0.29, 0.717) is 30.1 Å². The number of benzene rings is 2. The van der Waals surface area contributed by atoms with Crippen molar-refractivity contribution < 1.29 is 14.4 Å². The van der Waals surface area contributed by atoms with Gasteiger partial charge in [0.05, 0.1) is 11.6 Å². The quantitative estimate of drug-likeness (QED) is 0.693. The van der Waals surface area contributed by atoms with Gasteiger partial charge in [-0.1, -0.05) is 31.4 Å². The monoisotopic (exact) mass is 456 g/mol. The van der Waals surface area contributed by atoms with E-state index >= 15 is 0 Å². The molecule has 2 aliphatic heterocycles. The van der Waals surface area contributed by atoms with Gasteiger partial charge in [-0.15, -0.1) is 0 Å². The first-order valence-corrected chi connectivity index (χ1v) is 12.1. The minimum Gasteiger partial charge on any atom is -0.364 e. The smallest absolute Gasteiger partial charge is 0.255 e. The molecule has 1 saturated heterocycles. The highest BCUT2D eigenvalue weighted by atomic mass is 16.2. The van der Waals surface area contributed by atoms with E-state index in [1.807, 2.05) is 36.4 Å². The second kappa shape index (κ2) is 9.30. The standard InChI is InChI=1S/C27H28N4O3/c28-15-18-6-8-19(9-7-18)16-30(21-4-2-1-3-5-21)22-10-11-23-20(14-22)17-31(27(23)34)24-12-13-25(32)29-26(24)33/h6-11,14,21,24H,1-5,12-13,16-17H2,(H,29,32,33). The summed E-state index contributed by atoms with van der Waals surface area (Å²) in [5.74, 6) is -0.812. The number of fused-ring (bicyclic) bond motifs is 1. The van der Waals surface area contributed by atoms with Crippen LogP contribution in [0.3, 0.4) is 0 Å². The Bertz CT molecular complexity index is 1160. The maximum Gasteiger partial charge on any atom is 0.255 e. The number of carbonyl (C=O) groups is 3. The Hall–Kier alpha value is -3.66. The van der Waals surface area contributed by atoms with Gasteiger partial charge in [0.25, 0.3) is 5.91 Å². The van der Waals surface area contributed by atoms with Gasteiger partial charge in [0.15, 0.2) is 0 Å². The Labute approximate surface area is 199 Å². The van der Waals surface area contributed by atoms with Crippen molar-refractivity contribution in [1.29, 1.82) is 5.26 Å². The number of hydrogen-bond acceptors (Lipinski definition) is 5. The Balaban J connectivity index is 1.41. The van der Waals surface area contributed by atoms with Crippen LogP contribution in [0.4, 0.5) is 5.69 Å². The van der Waals surface area contributed by atoms with Gasteiger partial charge in [0.2, 0.25) is 11.8 Å².